The van der Waals surface area contributed by atoms with Gasteiger partial charge in [-0.3, -0.25) is 9.48 Å². The number of benzene rings is 1. The third-order valence-electron chi connectivity index (χ3n) is 5.60. The van der Waals surface area contributed by atoms with Gasteiger partial charge in [-0.15, -0.1) is 0 Å². The van der Waals surface area contributed by atoms with Gasteiger partial charge in [0, 0.05) is 29.2 Å². The van der Waals surface area contributed by atoms with Crippen LogP contribution in [0.15, 0.2) is 49.1 Å². The largest absolute Gasteiger partial charge is 0.496 e. The molecule has 0 spiro atoms. The molecule has 0 atom stereocenters. The zero-order valence-electron chi connectivity index (χ0n) is 17.5. The van der Waals surface area contributed by atoms with Gasteiger partial charge in [-0.05, 0) is 50.2 Å². The summed E-state index contributed by atoms with van der Waals surface area (Å²) in [6, 6.07) is 7.35. The van der Waals surface area contributed by atoms with Crippen LogP contribution in [0.3, 0.4) is 0 Å². The third kappa shape index (κ3) is 3.80. The maximum absolute atomic E-state index is 13.2. The topological polar surface area (TPSA) is 98.4 Å². The number of ether oxygens (including phenoxy) is 1. The summed E-state index contributed by atoms with van der Waals surface area (Å²) >= 11 is 6.28. The van der Waals surface area contributed by atoms with Crippen molar-refractivity contribution >= 4 is 28.8 Å². The van der Waals surface area contributed by atoms with E-state index in [-0.39, 0.29) is 11.9 Å². The molecular formula is C22H22ClN7O2. The lowest BCUT2D eigenvalue weighted by atomic mass is 10.1. The van der Waals surface area contributed by atoms with Gasteiger partial charge in [-0.2, -0.15) is 10.2 Å². The molecule has 0 aliphatic carbocycles. The van der Waals surface area contributed by atoms with Gasteiger partial charge < -0.3 is 15.4 Å². The van der Waals surface area contributed by atoms with Crippen molar-refractivity contribution in [3.8, 4) is 17.0 Å². The van der Waals surface area contributed by atoms with Crippen LogP contribution in [0.5, 0.6) is 5.75 Å². The van der Waals surface area contributed by atoms with E-state index in [0.717, 1.165) is 25.9 Å². The van der Waals surface area contributed by atoms with E-state index < -0.39 is 0 Å². The first-order valence-corrected chi connectivity index (χ1v) is 10.8. The van der Waals surface area contributed by atoms with Crippen LogP contribution in [-0.2, 0) is 0 Å². The van der Waals surface area contributed by atoms with Gasteiger partial charge in [0.05, 0.1) is 25.0 Å². The molecule has 1 aliphatic rings. The fourth-order valence-corrected chi connectivity index (χ4v) is 4.15. The minimum Gasteiger partial charge on any atom is -0.496 e. The summed E-state index contributed by atoms with van der Waals surface area (Å²) in [5.74, 6) is 0.309. The first-order valence-electron chi connectivity index (χ1n) is 10.4. The SMILES string of the molecule is COc1ccc(Cl)cc1-c1nn(C2CCNCC2)cc1NC(=O)c1cnn2cccnc12. The van der Waals surface area contributed by atoms with Crippen molar-refractivity contribution in [3.63, 3.8) is 0 Å². The molecule has 0 unspecified atom stereocenters. The van der Waals surface area contributed by atoms with Gasteiger partial charge in [0.15, 0.2) is 5.65 Å². The molecule has 4 aromatic rings. The normalized spacial score (nSPS) is 14.6. The van der Waals surface area contributed by atoms with E-state index in [0.29, 0.717) is 38.9 Å². The Labute approximate surface area is 189 Å². The van der Waals surface area contributed by atoms with E-state index in [1.165, 1.54) is 6.20 Å². The van der Waals surface area contributed by atoms with Crippen molar-refractivity contribution in [2.45, 2.75) is 18.9 Å². The van der Waals surface area contributed by atoms with Crippen LogP contribution in [0.1, 0.15) is 29.2 Å². The van der Waals surface area contributed by atoms with Gasteiger partial charge in [0.1, 0.15) is 17.0 Å². The van der Waals surface area contributed by atoms with E-state index in [1.807, 2.05) is 10.9 Å². The number of aromatic nitrogens is 5. The zero-order chi connectivity index (χ0) is 22.1. The molecule has 0 bridgehead atoms. The van der Waals surface area contributed by atoms with E-state index in [2.05, 4.69) is 20.7 Å². The molecule has 1 amide bonds. The smallest absolute Gasteiger partial charge is 0.261 e. The molecule has 1 aromatic carbocycles. The minimum atomic E-state index is -0.314. The molecule has 1 fully saturated rings. The van der Waals surface area contributed by atoms with Gasteiger partial charge in [0.25, 0.3) is 5.91 Å². The van der Waals surface area contributed by atoms with Gasteiger partial charge in [-0.1, -0.05) is 11.6 Å². The number of amides is 1. The second-order valence-corrected chi connectivity index (χ2v) is 8.03. The van der Waals surface area contributed by atoms with Crippen molar-refractivity contribution in [3.05, 3.63) is 59.6 Å². The van der Waals surface area contributed by atoms with E-state index in [1.54, 1.807) is 48.3 Å². The number of methoxy groups -OCH3 is 1. The Morgan fingerprint density at radius 1 is 1.31 bits per heavy atom. The Kier molecular flexibility index (Phi) is 5.50. The number of piperidine rings is 1. The van der Waals surface area contributed by atoms with E-state index in [4.69, 9.17) is 21.4 Å². The highest BCUT2D eigenvalue weighted by molar-refractivity contribution is 6.31. The Morgan fingerprint density at radius 3 is 2.97 bits per heavy atom. The second-order valence-electron chi connectivity index (χ2n) is 7.60. The summed E-state index contributed by atoms with van der Waals surface area (Å²) in [7, 11) is 1.60. The first kappa shape index (κ1) is 20.5. The molecule has 10 heteroatoms. The lowest BCUT2D eigenvalue weighted by Gasteiger charge is -2.22. The summed E-state index contributed by atoms with van der Waals surface area (Å²) in [5, 5.41) is 16.0. The van der Waals surface area contributed by atoms with E-state index in [9.17, 15) is 4.79 Å². The molecule has 0 saturated carbocycles. The molecule has 2 N–H and O–H groups in total. The molecule has 164 valence electrons. The summed E-state index contributed by atoms with van der Waals surface area (Å²) in [5.41, 5.74) is 2.74. The van der Waals surface area contributed by atoms with Gasteiger partial charge in [0.2, 0.25) is 0 Å². The predicted molar refractivity (Wildman–Crippen MR) is 121 cm³/mol. The number of hydrogen-bond acceptors (Lipinski definition) is 6. The van der Waals surface area contributed by atoms with Crippen molar-refractivity contribution in [1.29, 1.82) is 0 Å². The second kappa shape index (κ2) is 8.60. The lowest BCUT2D eigenvalue weighted by molar-refractivity contribution is 0.102. The summed E-state index contributed by atoms with van der Waals surface area (Å²) in [6.45, 7) is 1.85. The van der Waals surface area contributed by atoms with Crippen molar-refractivity contribution in [1.82, 2.24) is 29.7 Å². The molecule has 4 heterocycles. The fourth-order valence-electron chi connectivity index (χ4n) is 3.98. The van der Waals surface area contributed by atoms with E-state index >= 15 is 0 Å². The highest BCUT2D eigenvalue weighted by Gasteiger charge is 2.23. The van der Waals surface area contributed by atoms with Crippen LogP contribution in [0.2, 0.25) is 5.02 Å². The monoisotopic (exact) mass is 451 g/mol. The minimum absolute atomic E-state index is 0.240. The number of halogens is 1. The van der Waals surface area contributed by atoms with Crippen LogP contribution < -0.4 is 15.4 Å². The summed E-state index contributed by atoms with van der Waals surface area (Å²) < 4.78 is 9.04. The zero-order valence-corrected chi connectivity index (χ0v) is 18.2. The van der Waals surface area contributed by atoms with Crippen LogP contribution in [0.25, 0.3) is 16.9 Å². The Morgan fingerprint density at radius 2 is 2.16 bits per heavy atom. The van der Waals surface area contributed by atoms with Crippen LogP contribution >= 0.6 is 11.6 Å². The lowest BCUT2D eigenvalue weighted by Crippen LogP contribution is -2.29. The Balaban J connectivity index is 1.56. The number of rotatable bonds is 5. The average Bonchev–Trinajstić information content (AvgIpc) is 3.44. The number of fused-ring (bicyclic) bond motifs is 1. The van der Waals surface area contributed by atoms with Gasteiger partial charge >= 0.3 is 0 Å². The number of carbonyl (C=O) groups is 1. The average molecular weight is 452 g/mol. The number of nitrogens with zero attached hydrogens (tertiary/aromatic N) is 5. The number of nitrogens with one attached hydrogen (secondary N) is 2. The molecule has 3 aromatic heterocycles. The molecular weight excluding hydrogens is 430 g/mol. The van der Waals surface area contributed by atoms with Crippen LogP contribution in [0.4, 0.5) is 5.69 Å². The highest BCUT2D eigenvalue weighted by Crippen LogP contribution is 2.37. The quantitative estimate of drug-likeness (QED) is 0.482. The molecule has 0 radical (unpaired) electrons. The maximum Gasteiger partial charge on any atom is 0.261 e. The molecule has 1 aliphatic heterocycles. The molecule has 5 rings (SSSR count). The maximum atomic E-state index is 13.2. The van der Waals surface area contributed by atoms with Crippen molar-refractivity contribution < 1.29 is 9.53 Å². The molecule has 32 heavy (non-hydrogen) atoms. The predicted octanol–water partition coefficient (Wildman–Crippen LogP) is 3.43. The standard InChI is InChI=1S/C22H22ClN7O2/c1-32-19-4-3-14(23)11-16(19)20-18(13-30(28-20)15-5-8-24-9-6-15)27-22(31)17-12-26-29-10-2-7-25-21(17)29/h2-4,7,10-13,15,24H,5-6,8-9H2,1H3,(H,27,31). The van der Waals surface area contributed by atoms with Crippen molar-refractivity contribution in [2.24, 2.45) is 0 Å². The molecule has 9 nitrogen and oxygen atoms in total. The number of hydrogen-bond donors (Lipinski definition) is 2. The number of anilines is 1. The number of carbonyl (C=O) groups excluding carboxylic acids is 1. The Bertz CT molecular complexity index is 1280. The Hall–Kier alpha value is -3.43. The molecule has 1 saturated heterocycles. The van der Waals surface area contributed by atoms with Crippen molar-refractivity contribution in [2.75, 3.05) is 25.5 Å². The van der Waals surface area contributed by atoms with Crippen LogP contribution in [0, 0.1) is 0 Å². The summed E-state index contributed by atoms with van der Waals surface area (Å²) in [6.07, 6.45) is 8.68. The van der Waals surface area contributed by atoms with Gasteiger partial charge in [-0.25, -0.2) is 9.50 Å². The first-order chi connectivity index (χ1) is 15.6. The summed E-state index contributed by atoms with van der Waals surface area (Å²) in [4.78, 5) is 17.4. The highest BCUT2D eigenvalue weighted by atomic mass is 35.5. The third-order valence-corrected chi connectivity index (χ3v) is 5.84. The fraction of sp³-hybridized carbons (Fsp3) is 0.273. The van der Waals surface area contributed by atoms with Crippen LogP contribution in [-0.4, -0.2) is 50.5 Å².